The van der Waals surface area contributed by atoms with Crippen molar-refractivity contribution >= 4 is 15.9 Å². The van der Waals surface area contributed by atoms with Crippen molar-refractivity contribution in [3.63, 3.8) is 0 Å². The summed E-state index contributed by atoms with van der Waals surface area (Å²) in [7, 11) is 1.91. The topological polar surface area (TPSA) is 48.5 Å². The normalized spacial score (nSPS) is 14.2. The molecule has 0 spiro atoms. The van der Waals surface area contributed by atoms with E-state index in [-0.39, 0.29) is 5.82 Å². The van der Waals surface area contributed by atoms with E-state index in [2.05, 4.69) is 31.3 Å². The summed E-state index contributed by atoms with van der Waals surface area (Å²) < 4.78 is 17.8. The van der Waals surface area contributed by atoms with Gasteiger partial charge in [0.25, 0.3) is 0 Å². The zero-order chi connectivity index (χ0) is 17.4. The van der Waals surface area contributed by atoms with E-state index in [4.69, 9.17) is 0 Å². The largest absolute Gasteiger partial charge is 0.275 e. The second-order valence-electron chi connectivity index (χ2n) is 6.74. The van der Waals surface area contributed by atoms with Crippen LogP contribution in [0.15, 0.2) is 35.1 Å². The van der Waals surface area contributed by atoms with Crippen LogP contribution in [-0.4, -0.2) is 24.8 Å². The van der Waals surface area contributed by atoms with Crippen LogP contribution in [0.5, 0.6) is 0 Å². The van der Waals surface area contributed by atoms with Crippen molar-refractivity contribution in [1.82, 2.24) is 24.8 Å². The van der Waals surface area contributed by atoms with Crippen LogP contribution >= 0.6 is 15.9 Å². The lowest BCUT2D eigenvalue weighted by Crippen LogP contribution is -1.99. The van der Waals surface area contributed by atoms with Gasteiger partial charge in [-0.3, -0.25) is 9.36 Å². The van der Waals surface area contributed by atoms with Gasteiger partial charge in [-0.05, 0) is 42.0 Å². The molecule has 7 heteroatoms. The van der Waals surface area contributed by atoms with Gasteiger partial charge in [0.15, 0.2) is 0 Å². The van der Waals surface area contributed by atoms with Crippen LogP contribution in [0.1, 0.15) is 35.4 Å². The summed E-state index contributed by atoms with van der Waals surface area (Å²) in [5.41, 5.74) is 4.07. The fourth-order valence-corrected chi connectivity index (χ4v) is 3.49. The molecule has 1 saturated carbocycles. The SMILES string of the molecule is Cn1cc(Cc2cn(CC3CC3)nn2)c(Cc2ccc(F)cc2Br)n1. The quantitative estimate of drug-likeness (QED) is 0.632. The van der Waals surface area contributed by atoms with Gasteiger partial charge in [0.05, 0.1) is 11.4 Å². The van der Waals surface area contributed by atoms with E-state index in [0.29, 0.717) is 12.8 Å². The smallest absolute Gasteiger partial charge is 0.124 e. The highest BCUT2D eigenvalue weighted by Gasteiger charge is 2.22. The van der Waals surface area contributed by atoms with Crippen LogP contribution in [0.4, 0.5) is 4.39 Å². The minimum Gasteiger partial charge on any atom is -0.275 e. The van der Waals surface area contributed by atoms with Crippen LogP contribution in [0.2, 0.25) is 0 Å². The molecule has 3 aromatic rings. The fourth-order valence-electron chi connectivity index (χ4n) is 2.99. The summed E-state index contributed by atoms with van der Waals surface area (Å²) in [5, 5.41) is 13.1. The highest BCUT2D eigenvalue weighted by atomic mass is 79.9. The number of rotatable bonds is 6. The Morgan fingerprint density at radius 3 is 2.80 bits per heavy atom. The zero-order valence-electron chi connectivity index (χ0n) is 14.0. The van der Waals surface area contributed by atoms with Crippen molar-refractivity contribution in [3.05, 3.63) is 63.4 Å². The van der Waals surface area contributed by atoms with Crippen molar-refractivity contribution in [2.24, 2.45) is 13.0 Å². The number of halogens is 2. The summed E-state index contributed by atoms with van der Waals surface area (Å²) >= 11 is 3.43. The van der Waals surface area contributed by atoms with Gasteiger partial charge >= 0.3 is 0 Å². The molecule has 1 fully saturated rings. The van der Waals surface area contributed by atoms with Crippen molar-refractivity contribution in [3.8, 4) is 0 Å². The molecular formula is C18H19BrFN5. The zero-order valence-corrected chi connectivity index (χ0v) is 15.6. The van der Waals surface area contributed by atoms with Crippen LogP contribution in [0.25, 0.3) is 0 Å². The molecule has 0 N–H and O–H groups in total. The van der Waals surface area contributed by atoms with E-state index in [1.54, 1.807) is 6.07 Å². The van der Waals surface area contributed by atoms with Crippen LogP contribution in [-0.2, 0) is 26.4 Å². The number of hydrogen-bond acceptors (Lipinski definition) is 3. The Balaban J connectivity index is 1.52. The van der Waals surface area contributed by atoms with Gasteiger partial charge in [-0.2, -0.15) is 5.10 Å². The Morgan fingerprint density at radius 2 is 2.04 bits per heavy atom. The molecule has 0 atom stereocenters. The van der Waals surface area contributed by atoms with E-state index in [1.807, 2.05) is 28.8 Å². The predicted octanol–water partition coefficient (Wildman–Crippen LogP) is 3.50. The second-order valence-corrected chi connectivity index (χ2v) is 7.59. The summed E-state index contributed by atoms with van der Waals surface area (Å²) in [6, 6.07) is 4.76. The third-order valence-electron chi connectivity index (χ3n) is 4.46. The third-order valence-corrected chi connectivity index (χ3v) is 5.20. The molecule has 2 aromatic heterocycles. The van der Waals surface area contributed by atoms with Crippen LogP contribution in [0, 0.1) is 11.7 Å². The third kappa shape index (κ3) is 3.98. The number of hydrogen-bond donors (Lipinski definition) is 0. The Kier molecular flexibility index (Phi) is 4.41. The van der Waals surface area contributed by atoms with Gasteiger partial charge in [0.2, 0.25) is 0 Å². The maximum Gasteiger partial charge on any atom is 0.124 e. The molecule has 0 radical (unpaired) electrons. The first-order valence-electron chi connectivity index (χ1n) is 8.41. The maximum atomic E-state index is 13.3. The first-order chi connectivity index (χ1) is 12.1. The molecular weight excluding hydrogens is 385 g/mol. The van der Waals surface area contributed by atoms with Gasteiger partial charge < -0.3 is 0 Å². The summed E-state index contributed by atoms with van der Waals surface area (Å²) in [6.07, 6.45) is 8.00. The molecule has 5 nitrogen and oxygen atoms in total. The molecule has 0 amide bonds. The summed E-state index contributed by atoms with van der Waals surface area (Å²) in [4.78, 5) is 0. The molecule has 0 bridgehead atoms. The number of aryl methyl sites for hydroxylation is 1. The van der Waals surface area contributed by atoms with Crippen molar-refractivity contribution in [2.75, 3.05) is 0 Å². The Labute approximate surface area is 154 Å². The lowest BCUT2D eigenvalue weighted by atomic mass is 10.0. The standard InChI is InChI=1S/C18H19BrFN5/c1-24-10-14(6-16-11-25(23-21-16)9-12-2-3-12)18(22-24)7-13-4-5-15(20)8-17(13)19/h4-5,8,10-12H,2-3,6-7,9H2,1H3. The first kappa shape index (κ1) is 16.4. The molecule has 2 heterocycles. The van der Waals surface area contributed by atoms with Crippen molar-refractivity contribution < 1.29 is 4.39 Å². The lowest BCUT2D eigenvalue weighted by molar-refractivity contribution is 0.544. The lowest BCUT2D eigenvalue weighted by Gasteiger charge is -2.04. The summed E-state index contributed by atoms with van der Waals surface area (Å²) in [6.45, 7) is 0.968. The Morgan fingerprint density at radius 1 is 1.20 bits per heavy atom. The Hall–Kier alpha value is -2.02. The molecule has 1 aliphatic carbocycles. The highest BCUT2D eigenvalue weighted by molar-refractivity contribution is 9.10. The number of benzene rings is 1. The highest BCUT2D eigenvalue weighted by Crippen LogP contribution is 2.30. The molecule has 4 rings (SSSR count). The van der Waals surface area contributed by atoms with Gasteiger partial charge in [0, 0.05) is 43.3 Å². The second kappa shape index (κ2) is 6.71. The van der Waals surface area contributed by atoms with Gasteiger partial charge in [-0.15, -0.1) is 5.10 Å². The van der Waals surface area contributed by atoms with Crippen molar-refractivity contribution in [1.29, 1.82) is 0 Å². The predicted molar refractivity (Wildman–Crippen MR) is 95.7 cm³/mol. The van der Waals surface area contributed by atoms with Crippen LogP contribution < -0.4 is 0 Å². The van der Waals surface area contributed by atoms with Crippen molar-refractivity contribution in [2.45, 2.75) is 32.2 Å². The molecule has 25 heavy (non-hydrogen) atoms. The number of aromatic nitrogens is 5. The van der Waals surface area contributed by atoms with E-state index in [1.165, 1.54) is 25.0 Å². The van der Waals surface area contributed by atoms with Gasteiger partial charge in [-0.25, -0.2) is 4.39 Å². The average Bonchev–Trinajstić information content (AvgIpc) is 3.15. The molecule has 0 aliphatic heterocycles. The van der Waals surface area contributed by atoms with E-state index >= 15 is 0 Å². The fraction of sp³-hybridized carbons (Fsp3) is 0.389. The average molecular weight is 404 g/mol. The maximum absolute atomic E-state index is 13.3. The molecule has 130 valence electrons. The molecule has 0 saturated heterocycles. The molecule has 0 unspecified atom stereocenters. The van der Waals surface area contributed by atoms with Gasteiger partial charge in [-0.1, -0.05) is 27.2 Å². The molecule has 1 aliphatic rings. The monoisotopic (exact) mass is 403 g/mol. The first-order valence-corrected chi connectivity index (χ1v) is 9.20. The minimum absolute atomic E-state index is 0.246. The van der Waals surface area contributed by atoms with Gasteiger partial charge in [0.1, 0.15) is 5.82 Å². The minimum atomic E-state index is -0.246. The molecule has 1 aromatic carbocycles. The van der Waals surface area contributed by atoms with E-state index in [0.717, 1.165) is 39.5 Å². The van der Waals surface area contributed by atoms with Crippen LogP contribution in [0.3, 0.4) is 0 Å². The summed E-state index contributed by atoms with van der Waals surface area (Å²) in [5.74, 6) is 0.531. The number of nitrogens with zero attached hydrogens (tertiary/aromatic N) is 5. The van der Waals surface area contributed by atoms with E-state index < -0.39 is 0 Å². The van der Waals surface area contributed by atoms with E-state index in [9.17, 15) is 4.39 Å². The Bertz CT molecular complexity index is 897.